The second-order valence-electron chi connectivity index (χ2n) is 7.59. The summed E-state index contributed by atoms with van der Waals surface area (Å²) in [5.74, 6) is 1.33. The molecule has 0 amide bonds. The number of aryl methyl sites for hydroxylation is 1. The summed E-state index contributed by atoms with van der Waals surface area (Å²) in [6, 6.07) is 5.03. The summed E-state index contributed by atoms with van der Waals surface area (Å²) in [5.41, 5.74) is 1.65. The van der Waals surface area contributed by atoms with E-state index < -0.39 is 0 Å². The number of fused-ring (bicyclic) bond motifs is 1. The summed E-state index contributed by atoms with van der Waals surface area (Å²) in [6.07, 6.45) is 3.28. The van der Waals surface area contributed by atoms with E-state index in [-0.39, 0.29) is 5.82 Å². The highest BCUT2D eigenvalue weighted by Crippen LogP contribution is 2.26. The Morgan fingerprint density at radius 2 is 2.14 bits per heavy atom. The number of benzene rings is 1. The minimum absolute atomic E-state index is 0.250. The summed E-state index contributed by atoms with van der Waals surface area (Å²) >= 11 is 0. The number of halogens is 1. The van der Waals surface area contributed by atoms with Gasteiger partial charge in [0.15, 0.2) is 5.96 Å². The smallest absolute Gasteiger partial charge is 0.191 e. The van der Waals surface area contributed by atoms with Gasteiger partial charge < -0.3 is 24.7 Å². The molecule has 2 heterocycles. The number of methoxy groups -OCH3 is 1. The van der Waals surface area contributed by atoms with Crippen LogP contribution in [-0.2, 0) is 11.3 Å². The number of nitrogens with one attached hydrogen (secondary N) is 2. The topological polar surface area (TPSA) is 62.0 Å². The van der Waals surface area contributed by atoms with Crippen LogP contribution in [0, 0.1) is 12.7 Å². The Morgan fingerprint density at radius 1 is 1.34 bits per heavy atom. The summed E-state index contributed by atoms with van der Waals surface area (Å²) in [4.78, 5) is 7.21. The normalized spacial score (nSPS) is 16.5. The molecule has 0 aliphatic carbocycles. The zero-order valence-electron chi connectivity index (χ0n) is 17.8. The molecule has 1 fully saturated rings. The van der Waals surface area contributed by atoms with Gasteiger partial charge in [0.25, 0.3) is 0 Å². The van der Waals surface area contributed by atoms with Gasteiger partial charge >= 0.3 is 0 Å². The summed E-state index contributed by atoms with van der Waals surface area (Å²) in [6.45, 7) is 9.34. The zero-order chi connectivity index (χ0) is 20.6. The average molecular weight is 405 g/mol. The number of guanidine groups is 1. The number of furan rings is 1. The number of likely N-dealkylation sites (tertiary alicyclic amines) is 1. The molecule has 1 aromatic heterocycles. The van der Waals surface area contributed by atoms with Gasteiger partial charge in [-0.05, 0) is 51.3 Å². The molecule has 0 unspecified atom stereocenters. The van der Waals surface area contributed by atoms with Crippen LogP contribution in [0.3, 0.4) is 0 Å². The van der Waals surface area contributed by atoms with Crippen molar-refractivity contribution in [3.63, 3.8) is 0 Å². The number of nitrogens with zero attached hydrogens (tertiary/aromatic N) is 2. The Bertz CT molecular complexity index is 812. The Kier molecular flexibility index (Phi) is 7.89. The third-order valence-electron chi connectivity index (χ3n) is 5.47. The molecule has 7 heteroatoms. The van der Waals surface area contributed by atoms with Crippen molar-refractivity contribution in [3.8, 4) is 0 Å². The van der Waals surface area contributed by atoms with Gasteiger partial charge in [0.2, 0.25) is 0 Å². The molecule has 1 saturated heterocycles. The molecule has 3 rings (SSSR count). The molecular weight excluding hydrogens is 371 g/mol. The van der Waals surface area contributed by atoms with Crippen molar-refractivity contribution in [1.29, 1.82) is 0 Å². The quantitative estimate of drug-likeness (QED) is 0.401. The highest BCUT2D eigenvalue weighted by atomic mass is 19.1. The number of hydrogen-bond acceptors (Lipinski definition) is 4. The third kappa shape index (κ3) is 5.93. The molecule has 2 N–H and O–H groups in total. The molecule has 160 valence electrons. The number of ether oxygens (including phenoxy) is 1. The standard InChI is InChI=1S/C22H33FN4O2/c1-4-24-22(26-18-8-11-27(12-9-18)10-5-13-28-3)25-15-21-16(2)19-14-17(23)6-7-20(19)29-21/h6-7,14,18H,4-5,8-13,15H2,1-3H3,(H2,24,25,26). The Morgan fingerprint density at radius 3 is 2.86 bits per heavy atom. The van der Waals surface area contributed by atoms with Crippen molar-refractivity contribution in [1.82, 2.24) is 15.5 Å². The number of piperidine rings is 1. The lowest BCUT2D eigenvalue weighted by Gasteiger charge is -2.33. The predicted molar refractivity (Wildman–Crippen MR) is 115 cm³/mol. The van der Waals surface area contributed by atoms with Crippen LogP contribution in [0.1, 0.15) is 37.5 Å². The second-order valence-corrected chi connectivity index (χ2v) is 7.59. The van der Waals surface area contributed by atoms with Crippen LogP contribution in [-0.4, -0.2) is 56.8 Å². The van der Waals surface area contributed by atoms with E-state index in [1.165, 1.54) is 12.1 Å². The minimum atomic E-state index is -0.250. The van der Waals surface area contributed by atoms with Gasteiger partial charge in [-0.2, -0.15) is 0 Å². The van der Waals surface area contributed by atoms with Crippen molar-refractivity contribution in [3.05, 3.63) is 35.3 Å². The molecule has 6 nitrogen and oxygen atoms in total. The summed E-state index contributed by atoms with van der Waals surface area (Å²) in [5, 5.41) is 7.70. The summed E-state index contributed by atoms with van der Waals surface area (Å²) < 4.78 is 24.5. The van der Waals surface area contributed by atoms with Gasteiger partial charge in [-0.3, -0.25) is 0 Å². The molecule has 1 aliphatic rings. The Balaban J connectivity index is 1.57. The van der Waals surface area contributed by atoms with Crippen molar-refractivity contribution in [2.75, 3.05) is 39.9 Å². The fraction of sp³-hybridized carbons (Fsp3) is 0.591. The lowest BCUT2D eigenvalue weighted by Crippen LogP contribution is -2.48. The molecule has 0 atom stereocenters. The Labute approximate surface area is 172 Å². The zero-order valence-corrected chi connectivity index (χ0v) is 17.8. The van der Waals surface area contributed by atoms with E-state index in [1.54, 1.807) is 13.2 Å². The van der Waals surface area contributed by atoms with E-state index in [9.17, 15) is 4.39 Å². The second kappa shape index (κ2) is 10.6. The molecule has 0 spiro atoms. The first kappa shape index (κ1) is 21.6. The van der Waals surface area contributed by atoms with E-state index in [0.717, 1.165) is 74.7 Å². The maximum atomic E-state index is 13.5. The first-order valence-corrected chi connectivity index (χ1v) is 10.5. The molecule has 1 aliphatic heterocycles. The lowest BCUT2D eigenvalue weighted by molar-refractivity contribution is 0.155. The maximum Gasteiger partial charge on any atom is 0.191 e. The minimum Gasteiger partial charge on any atom is -0.459 e. The van der Waals surface area contributed by atoms with Crippen LogP contribution in [0.5, 0.6) is 0 Å². The largest absolute Gasteiger partial charge is 0.459 e. The molecule has 2 aromatic rings. The van der Waals surface area contributed by atoms with Crippen LogP contribution in [0.4, 0.5) is 4.39 Å². The van der Waals surface area contributed by atoms with Crippen molar-refractivity contribution in [2.45, 2.75) is 45.7 Å². The molecular formula is C22H33FN4O2. The van der Waals surface area contributed by atoms with Gasteiger partial charge in [-0.15, -0.1) is 0 Å². The van der Waals surface area contributed by atoms with Crippen LogP contribution in [0.2, 0.25) is 0 Å². The third-order valence-corrected chi connectivity index (χ3v) is 5.47. The van der Waals surface area contributed by atoms with Gasteiger partial charge in [0, 0.05) is 56.9 Å². The van der Waals surface area contributed by atoms with Gasteiger partial charge in [0.1, 0.15) is 23.7 Å². The monoisotopic (exact) mass is 404 g/mol. The number of rotatable bonds is 8. The van der Waals surface area contributed by atoms with E-state index in [0.29, 0.717) is 18.2 Å². The van der Waals surface area contributed by atoms with Crippen LogP contribution >= 0.6 is 0 Å². The molecule has 0 saturated carbocycles. The van der Waals surface area contributed by atoms with E-state index in [1.807, 2.05) is 6.92 Å². The molecule has 29 heavy (non-hydrogen) atoms. The maximum absolute atomic E-state index is 13.5. The van der Waals surface area contributed by atoms with Crippen molar-refractivity contribution < 1.29 is 13.5 Å². The first-order valence-electron chi connectivity index (χ1n) is 10.5. The first-order chi connectivity index (χ1) is 14.1. The van der Waals surface area contributed by atoms with Crippen molar-refractivity contribution >= 4 is 16.9 Å². The number of hydrogen-bond donors (Lipinski definition) is 2. The van der Waals surface area contributed by atoms with Gasteiger partial charge in [-0.25, -0.2) is 9.38 Å². The SMILES string of the molecule is CCNC(=NCc1oc2ccc(F)cc2c1C)NC1CCN(CCCOC)CC1. The van der Waals surface area contributed by atoms with Gasteiger partial charge in [-0.1, -0.05) is 0 Å². The highest BCUT2D eigenvalue weighted by Gasteiger charge is 2.20. The predicted octanol–water partition coefficient (Wildman–Crippen LogP) is 3.44. The highest BCUT2D eigenvalue weighted by molar-refractivity contribution is 5.82. The fourth-order valence-corrected chi connectivity index (χ4v) is 3.79. The van der Waals surface area contributed by atoms with E-state index in [2.05, 4.69) is 22.5 Å². The molecule has 0 radical (unpaired) electrons. The molecule has 0 bridgehead atoms. The average Bonchev–Trinajstić information content (AvgIpc) is 3.03. The van der Waals surface area contributed by atoms with Crippen LogP contribution in [0.15, 0.2) is 27.6 Å². The van der Waals surface area contributed by atoms with E-state index >= 15 is 0 Å². The Hall–Kier alpha value is -2.12. The van der Waals surface area contributed by atoms with Crippen LogP contribution in [0.25, 0.3) is 11.0 Å². The van der Waals surface area contributed by atoms with Crippen LogP contribution < -0.4 is 10.6 Å². The number of aliphatic imine (C=N–C) groups is 1. The lowest BCUT2D eigenvalue weighted by atomic mass is 10.1. The fourth-order valence-electron chi connectivity index (χ4n) is 3.79. The van der Waals surface area contributed by atoms with E-state index in [4.69, 9.17) is 14.1 Å². The van der Waals surface area contributed by atoms with Crippen molar-refractivity contribution in [2.24, 2.45) is 4.99 Å². The molecule has 1 aromatic carbocycles. The summed E-state index contributed by atoms with van der Waals surface area (Å²) in [7, 11) is 1.75. The van der Waals surface area contributed by atoms with Gasteiger partial charge in [0.05, 0.1) is 0 Å².